The van der Waals surface area contributed by atoms with Gasteiger partial charge in [0.05, 0.1) is 5.54 Å². The van der Waals surface area contributed by atoms with Crippen LogP contribution >= 0.6 is 0 Å². The van der Waals surface area contributed by atoms with Crippen molar-refractivity contribution in [1.82, 2.24) is 10.2 Å². The monoisotopic (exact) mass is 270 g/mol. The Bertz CT molecular complexity index is 466. The Hall–Kier alpha value is -1.12. The Balaban J connectivity index is 1.61. The van der Waals surface area contributed by atoms with E-state index in [0.29, 0.717) is 0 Å². The van der Waals surface area contributed by atoms with Crippen molar-refractivity contribution in [3.63, 3.8) is 0 Å². The van der Waals surface area contributed by atoms with E-state index in [9.17, 15) is 0 Å². The van der Waals surface area contributed by atoms with Gasteiger partial charge in [0.2, 0.25) is 0 Å². The van der Waals surface area contributed by atoms with Crippen LogP contribution in [0.2, 0.25) is 0 Å². The zero-order chi connectivity index (χ0) is 13.8. The third kappa shape index (κ3) is 3.13. The molecule has 0 radical (unpaired) electrons. The highest BCUT2D eigenvalue weighted by molar-refractivity contribution is 5.25. The van der Waals surface area contributed by atoms with Crippen LogP contribution in [-0.2, 0) is 5.54 Å². The molecule has 0 amide bonds. The average molecular weight is 270 g/mol. The summed E-state index contributed by atoms with van der Waals surface area (Å²) in [6.07, 6.45) is 7.74. The zero-order valence-electron chi connectivity index (χ0n) is 12.6. The summed E-state index contributed by atoms with van der Waals surface area (Å²) in [5.41, 5.74) is 3.19. The van der Waals surface area contributed by atoms with Crippen LogP contribution in [0.3, 0.4) is 0 Å². The molecule has 0 bridgehead atoms. The van der Waals surface area contributed by atoms with Gasteiger partial charge in [-0.25, -0.2) is 0 Å². The summed E-state index contributed by atoms with van der Waals surface area (Å²) in [5, 5.41) is 3.71. The van der Waals surface area contributed by atoms with Gasteiger partial charge < -0.3 is 5.32 Å². The summed E-state index contributed by atoms with van der Waals surface area (Å²) in [6.45, 7) is 6.93. The van der Waals surface area contributed by atoms with Crippen molar-refractivity contribution < 1.29 is 0 Å². The van der Waals surface area contributed by atoms with E-state index in [2.05, 4.69) is 53.5 Å². The molecule has 1 fully saturated rings. The Kier molecular flexibility index (Phi) is 4.23. The van der Waals surface area contributed by atoms with Gasteiger partial charge in [0.1, 0.15) is 0 Å². The smallest absolute Gasteiger partial charge is 0.0535 e. The lowest BCUT2D eigenvalue weighted by Crippen LogP contribution is -2.56. The summed E-state index contributed by atoms with van der Waals surface area (Å²) in [4.78, 5) is 2.63. The number of hydrogen-bond donors (Lipinski definition) is 1. The maximum atomic E-state index is 3.71. The van der Waals surface area contributed by atoms with E-state index < -0.39 is 0 Å². The second-order valence-electron chi connectivity index (χ2n) is 6.41. The van der Waals surface area contributed by atoms with Crippen LogP contribution in [0, 0.1) is 0 Å². The van der Waals surface area contributed by atoms with Gasteiger partial charge in [0.25, 0.3) is 0 Å². The molecule has 1 aromatic rings. The Morgan fingerprint density at radius 3 is 2.85 bits per heavy atom. The molecule has 20 heavy (non-hydrogen) atoms. The van der Waals surface area contributed by atoms with Crippen molar-refractivity contribution in [3.8, 4) is 0 Å². The quantitative estimate of drug-likeness (QED) is 0.845. The molecule has 0 saturated carbocycles. The summed E-state index contributed by atoms with van der Waals surface area (Å²) < 4.78 is 0. The summed E-state index contributed by atoms with van der Waals surface area (Å²) in [5.74, 6) is 0. The number of rotatable bonds is 4. The highest BCUT2D eigenvalue weighted by Crippen LogP contribution is 2.26. The van der Waals surface area contributed by atoms with Gasteiger partial charge in [0.15, 0.2) is 0 Å². The van der Waals surface area contributed by atoms with Crippen molar-refractivity contribution in [2.75, 3.05) is 26.2 Å². The molecule has 1 unspecified atom stereocenters. The van der Waals surface area contributed by atoms with Crippen molar-refractivity contribution >= 4 is 0 Å². The number of allylic oxidation sites excluding steroid dienone is 1. The van der Waals surface area contributed by atoms with Gasteiger partial charge in [-0.15, -0.1) is 0 Å². The molecule has 1 aliphatic carbocycles. The van der Waals surface area contributed by atoms with Crippen molar-refractivity contribution in [2.45, 2.75) is 38.1 Å². The molecule has 108 valence electrons. The van der Waals surface area contributed by atoms with Crippen molar-refractivity contribution in [3.05, 3.63) is 47.5 Å². The van der Waals surface area contributed by atoms with Gasteiger partial charge in [-0.05, 0) is 38.2 Å². The van der Waals surface area contributed by atoms with Gasteiger partial charge >= 0.3 is 0 Å². The maximum Gasteiger partial charge on any atom is 0.0535 e. The minimum Gasteiger partial charge on any atom is -0.305 e. The first-order valence-corrected chi connectivity index (χ1v) is 7.97. The van der Waals surface area contributed by atoms with Gasteiger partial charge in [-0.2, -0.15) is 0 Å². The third-order valence-corrected chi connectivity index (χ3v) is 4.78. The lowest BCUT2D eigenvalue weighted by atomic mass is 9.89. The first-order valence-electron chi connectivity index (χ1n) is 7.97. The fourth-order valence-corrected chi connectivity index (χ4v) is 3.53. The SMILES string of the molecule is CC1(c2ccccc2)CN(CCC2=CCCC2)CCN1. The molecular weight excluding hydrogens is 244 g/mol. The van der Waals surface area contributed by atoms with Crippen LogP contribution in [-0.4, -0.2) is 31.1 Å². The van der Waals surface area contributed by atoms with Crippen LogP contribution in [0.4, 0.5) is 0 Å². The van der Waals surface area contributed by atoms with Crippen LogP contribution in [0.15, 0.2) is 42.0 Å². The summed E-state index contributed by atoms with van der Waals surface area (Å²) >= 11 is 0. The highest BCUT2D eigenvalue weighted by Gasteiger charge is 2.31. The van der Waals surface area contributed by atoms with E-state index in [4.69, 9.17) is 0 Å². The standard InChI is InChI=1S/C18H26N2/c1-18(17-9-3-2-4-10-17)15-20(14-12-19-18)13-11-16-7-5-6-8-16/h2-4,7,9-10,19H,5-6,8,11-15H2,1H3. The fourth-order valence-electron chi connectivity index (χ4n) is 3.53. The van der Waals surface area contributed by atoms with E-state index >= 15 is 0 Å². The van der Waals surface area contributed by atoms with Crippen LogP contribution < -0.4 is 5.32 Å². The van der Waals surface area contributed by atoms with Gasteiger partial charge in [-0.1, -0.05) is 42.0 Å². The van der Waals surface area contributed by atoms with E-state index in [0.717, 1.165) is 13.1 Å². The molecule has 0 spiro atoms. The number of nitrogens with one attached hydrogen (secondary N) is 1. The maximum absolute atomic E-state index is 3.71. The van der Waals surface area contributed by atoms with Gasteiger partial charge in [-0.3, -0.25) is 4.90 Å². The zero-order valence-corrected chi connectivity index (χ0v) is 12.6. The molecule has 1 atom stereocenters. The van der Waals surface area contributed by atoms with Crippen molar-refractivity contribution in [1.29, 1.82) is 0 Å². The van der Waals surface area contributed by atoms with E-state index in [1.165, 1.54) is 44.3 Å². The molecule has 1 aromatic carbocycles. The molecular formula is C18H26N2. The van der Waals surface area contributed by atoms with Gasteiger partial charge in [0, 0.05) is 26.2 Å². The lowest BCUT2D eigenvalue weighted by Gasteiger charge is -2.42. The van der Waals surface area contributed by atoms with Crippen molar-refractivity contribution in [2.24, 2.45) is 0 Å². The Morgan fingerprint density at radius 2 is 2.10 bits per heavy atom. The lowest BCUT2D eigenvalue weighted by molar-refractivity contribution is 0.144. The predicted octanol–water partition coefficient (Wildman–Crippen LogP) is 3.31. The Labute approximate surface area is 122 Å². The first kappa shape index (κ1) is 13.8. The number of hydrogen-bond acceptors (Lipinski definition) is 2. The molecule has 1 aliphatic heterocycles. The molecule has 2 nitrogen and oxygen atoms in total. The number of benzene rings is 1. The van der Waals surface area contributed by atoms with E-state index in [1.807, 2.05) is 0 Å². The highest BCUT2D eigenvalue weighted by atomic mass is 15.2. The second kappa shape index (κ2) is 6.11. The van der Waals surface area contributed by atoms with E-state index in [-0.39, 0.29) is 5.54 Å². The molecule has 2 aliphatic rings. The van der Waals surface area contributed by atoms with E-state index in [1.54, 1.807) is 5.57 Å². The fraction of sp³-hybridized carbons (Fsp3) is 0.556. The number of piperazine rings is 1. The molecule has 3 rings (SSSR count). The predicted molar refractivity (Wildman–Crippen MR) is 84.8 cm³/mol. The summed E-state index contributed by atoms with van der Waals surface area (Å²) in [7, 11) is 0. The summed E-state index contributed by atoms with van der Waals surface area (Å²) in [6, 6.07) is 10.9. The van der Waals surface area contributed by atoms with Crippen LogP contribution in [0.1, 0.15) is 38.2 Å². The topological polar surface area (TPSA) is 15.3 Å². The normalized spacial score (nSPS) is 27.6. The Morgan fingerprint density at radius 1 is 1.25 bits per heavy atom. The minimum absolute atomic E-state index is 0.101. The average Bonchev–Trinajstić information content (AvgIpc) is 3.00. The minimum atomic E-state index is 0.101. The molecule has 0 aromatic heterocycles. The molecule has 2 heteroatoms. The molecule has 1 heterocycles. The first-order chi connectivity index (χ1) is 9.76. The van der Waals surface area contributed by atoms with Crippen LogP contribution in [0.25, 0.3) is 0 Å². The van der Waals surface area contributed by atoms with Crippen LogP contribution in [0.5, 0.6) is 0 Å². The molecule has 1 saturated heterocycles. The second-order valence-corrected chi connectivity index (χ2v) is 6.41. The molecule has 1 N–H and O–H groups in total. The largest absolute Gasteiger partial charge is 0.305 e. The third-order valence-electron chi connectivity index (χ3n) is 4.78. The number of nitrogens with zero attached hydrogens (tertiary/aromatic N) is 1.